The number of nitrogens with one attached hydrogen (secondary N) is 1. The number of anilines is 3. The zero-order valence-corrected chi connectivity index (χ0v) is 17.7. The van der Waals surface area contributed by atoms with Crippen LogP contribution < -0.4 is 15.8 Å². The van der Waals surface area contributed by atoms with E-state index >= 15 is 0 Å². The Morgan fingerprint density at radius 2 is 1.88 bits per heavy atom. The van der Waals surface area contributed by atoms with Gasteiger partial charge in [-0.15, -0.1) is 10.2 Å². The minimum atomic E-state index is -4.92. The van der Waals surface area contributed by atoms with Crippen LogP contribution >= 0.6 is 0 Å². The zero-order chi connectivity index (χ0) is 25.0. The fraction of sp³-hybridized carbons (Fsp3) is 0.143. The Kier molecular flexibility index (Phi) is 6.62. The Bertz CT molecular complexity index is 1320. The molecule has 0 amide bonds. The highest BCUT2D eigenvalue weighted by Crippen LogP contribution is 2.40. The van der Waals surface area contributed by atoms with Crippen LogP contribution in [0.4, 0.5) is 47.6 Å². The van der Waals surface area contributed by atoms with Crippen molar-refractivity contribution in [3.8, 4) is 11.8 Å². The monoisotopic (exact) mass is 471 g/mol. The number of aromatic nitrogens is 1. The maximum absolute atomic E-state index is 13.5. The number of nitrogen functional groups attached to an aromatic ring is 1. The molecule has 0 aliphatic carbocycles. The van der Waals surface area contributed by atoms with Gasteiger partial charge in [0.25, 0.3) is 5.69 Å². The smallest absolute Gasteiger partial charge is 0.418 e. The molecular weight excluding hydrogens is 455 g/mol. The summed E-state index contributed by atoms with van der Waals surface area (Å²) >= 11 is 0. The summed E-state index contributed by atoms with van der Waals surface area (Å²) in [5.41, 5.74) is 3.83. The molecule has 0 saturated heterocycles. The van der Waals surface area contributed by atoms with Gasteiger partial charge >= 0.3 is 6.18 Å². The summed E-state index contributed by atoms with van der Waals surface area (Å²) in [7, 11) is 1.50. The van der Waals surface area contributed by atoms with Crippen molar-refractivity contribution in [2.24, 2.45) is 10.2 Å². The van der Waals surface area contributed by atoms with E-state index in [-0.39, 0.29) is 28.5 Å². The third-order valence-corrected chi connectivity index (χ3v) is 4.66. The Morgan fingerprint density at radius 1 is 1.21 bits per heavy atom. The van der Waals surface area contributed by atoms with Crippen molar-refractivity contribution < 1.29 is 22.8 Å². The number of nitrogens with zero attached hydrogens (tertiary/aromatic N) is 5. The molecule has 3 aromatic rings. The van der Waals surface area contributed by atoms with Gasteiger partial charge in [-0.25, -0.2) is 4.98 Å². The highest BCUT2D eigenvalue weighted by Gasteiger charge is 2.35. The number of hydrogen-bond acceptors (Lipinski definition) is 9. The first-order valence-corrected chi connectivity index (χ1v) is 9.43. The highest BCUT2D eigenvalue weighted by atomic mass is 19.4. The topological polar surface area (TPSA) is 152 Å². The molecular formula is C21H16F3N7O3. The lowest BCUT2D eigenvalue weighted by molar-refractivity contribution is -0.385. The second kappa shape index (κ2) is 9.41. The number of nitriles is 1. The molecule has 0 atom stereocenters. The molecule has 3 N–H and O–H groups in total. The molecule has 13 heteroatoms. The highest BCUT2D eigenvalue weighted by molar-refractivity contribution is 5.77. The number of halogens is 3. The zero-order valence-electron chi connectivity index (χ0n) is 17.7. The van der Waals surface area contributed by atoms with Gasteiger partial charge in [0.15, 0.2) is 5.82 Å². The molecule has 10 nitrogen and oxygen atoms in total. The van der Waals surface area contributed by atoms with Crippen molar-refractivity contribution in [3.63, 3.8) is 0 Å². The Morgan fingerprint density at radius 3 is 2.44 bits per heavy atom. The number of nitro groups is 1. The van der Waals surface area contributed by atoms with Gasteiger partial charge in [0.1, 0.15) is 23.3 Å². The third-order valence-electron chi connectivity index (χ3n) is 4.66. The summed E-state index contributed by atoms with van der Waals surface area (Å²) in [4.78, 5) is 14.1. The van der Waals surface area contributed by atoms with Crippen molar-refractivity contribution >= 4 is 34.4 Å². The lowest BCUT2D eigenvalue weighted by Gasteiger charge is -2.13. The van der Waals surface area contributed by atoms with E-state index in [1.807, 2.05) is 6.07 Å². The fourth-order valence-corrected chi connectivity index (χ4v) is 2.93. The van der Waals surface area contributed by atoms with Crippen LogP contribution in [-0.4, -0.2) is 17.0 Å². The van der Waals surface area contributed by atoms with E-state index in [9.17, 15) is 28.5 Å². The number of ether oxygens (including phenoxy) is 1. The van der Waals surface area contributed by atoms with Crippen LogP contribution in [0.1, 0.15) is 16.7 Å². The third kappa shape index (κ3) is 5.01. The van der Waals surface area contributed by atoms with Crippen molar-refractivity contribution in [3.05, 3.63) is 69.3 Å². The van der Waals surface area contributed by atoms with Crippen molar-refractivity contribution in [2.75, 3.05) is 18.2 Å². The molecule has 0 aliphatic heterocycles. The van der Waals surface area contributed by atoms with E-state index in [2.05, 4.69) is 20.5 Å². The minimum Gasteiger partial charge on any atom is -0.497 e. The van der Waals surface area contributed by atoms with Crippen LogP contribution in [0, 0.1) is 28.4 Å². The SMILES string of the molecule is COc1ccc(Nc2nc(N)c(C#N)c(C)c2N=Nc2ccc([N+](=O)[O-])cc2C(F)(F)F)cc1. The van der Waals surface area contributed by atoms with Crippen LogP contribution in [0.2, 0.25) is 0 Å². The number of rotatable bonds is 6. The maximum atomic E-state index is 13.5. The quantitative estimate of drug-likeness (QED) is 0.256. The second-order valence-electron chi connectivity index (χ2n) is 6.82. The van der Waals surface area contributed by atoms with Gasteiger partial charge in [-0.3, -0.25) is 10.1 Å². The first kappa shape index (κ1) is 23.9. The van der Waals surface area contributed by atoms with Gasteiger partial charge in [-0.2, -0.15) is 18.4 Å². The summed E-state index contributed by atoms with van der Waals surface area (Å²) in [6.45, 7) is 1.49. The largest absolute Gasteiger partial charge is 0.497 e. The van der Waals surface area contributed by atoms with Crippen molar-refractivity contribution in [2.45, 2.75) is 13.1 Å². The van der Waals surface area contributed by atoms with Gasteiger partial charge in [0.05, 0.1) is 28.8 Å². The predicted molar refractivity (Wildman–Crippen MR) is 117 cm³/mol. The summed E-state index contributed by atoms with van der Waals surface area (Å²) in [6, 6.07) is 10.6. The van der Waals surface area contributed by atoms with E-state index in [0.29, 0.717) is 17.5 Å². The summed E-state index contributed by atoms with van der Waals surface area (Å²) in [5.74, 6) is 0.520. The Labute approximate surface area is 190 Å². The van der Waals surface area contributed by atoms with Crippen LogP contribution in [0.5, 0.6) is 5.75 Å². The number of nitro benzene ring substituents is 1. The number of non-ortho nitro benzene ring substituents is 1. The van der Waals surface area contributed by atoms with Gasteiger partial charge in [-0.1, -0.05) is 0 Å². The van der Waals surface area contributed by atoms with Crippen LogP contribution in [-0.2, 0) is 6.18 Å². The molecule has 0 radical (unpaired) electrons. The molecule has 1 heterocycles. The van der Waals surface area contributed by atoms with Crippen LogP contribution in [0.15, 0.2) is 52.7 Å². The standard InChI is InChI=1S/C21H16F3N7O3/c1-11-15(10-25)19(26)28-20(27-12-3-6-14(34-2)7-4-12)18(11)30-29-17-8-5-13(31(32)33)9-16(17)21(22,23)24/h3-9H,1-2H3,(H3,26,27,28). The van der Waals surface area contributed by atoms with E-state index < -0.39 is 28.0 Å². The molecule has 174 valence electrons. The molecule has 34 heavy (non-hydrogen) atoms. The van der Waals surface area contributed by atoms with Gasteiger partial charge in [0, 0.05) is 23.4 Å². The predicted octanol–water partition coefficient (Wildman–Crippen LogP) is 5.94. The molecule has 0 bridgehead atoms. The molecule has 3 rings (SSSR count). The number of pyridine rings is 1. The van der Waals surface area contributed by atoms with Gasteiger partial charge < -0.3 is 15.8 Å². The summed E-state index contributed by atoms with van der Waals surface area (Å²) < 4.78 is 45.5. The summed E-state index contributed by atoms with van der Waals surface area (Å²) in [6.07, 6.45) is -4.92. The number of alkyl halides is 3. The Balaban J connectivity index is 2.12. The molecule has 2 aromatic carbocycles. The van der Waals surface area contributed by atoms with Gasteiger partial charge in [-0.05, 0) is 37.3 Å². The number of hydrogen-bond donors (Lipinski definition) is 2. The Hall–Kier alpha value is -4.73. The van der Waals surface area contributed by atoms with Crippen molar-refractivity contribution in [1.29, 1.82) is 5.26 Å². The molecule has 0 spiro atoms. The molecule has 0 unspecified atom stereocenters. The van der Waals surface area contributed by atoms with E-state index in [0.717, 1.165) is 12.1 Å². The van der Waals surface area contributed by atoms with Gasteiger partial charge in [0.2, 0.25) is 0 Å². The van der Waals surface area contributed by atoms with Crippen LogP contribution in [0.25, 0.3) is 0 Å². The molecule has 1 aromatic heterocycles. The lowest BCUT2D eigenvalue weighted by atomic mass is 10.1. The number of azo groups is 1. The van der Waals surface area contributed by atoms with Crippen LogP contribution in [0.3, 0.4) is 0 Å². The first-order valence-electron chi connectivity index (χ1n) is 9.43. The second-order valence-corrected chi connectivity index (χ2v) is 6.82. The van der Waals surface area contributed by atoms with E-state index in [4.69, 9.17) is 10.5 Å². The average Bonchev–Trinajstić information content (AvgIpc) is 2.78. The first-order chi connectivity index (χ1) is 16.0. The fourth-order valence-electron chi connectivity index (χ4n) is 2.93. The average molecular weight is 471 g/mol. The van der Waals surface area contributed by atoms with Crippen molar-refractivity contribution in [1.82, 2.24) is 4.98 Å². The number of benzene rings is 2. The number of methoxy groups -OCH3 is 1. The van der Waals surface area contributed by atoms with E-state index in [1.165, 1.54) is 14.0 Å². The molecule has 0 saturated carbocycles. The molecule has 0 aliphatic rings. The van der Waals surface area contributed by atoms with E-state index in [1.54, 1.807) is 24.3 Å². The summed E-state index contributed by atoms with van der Waals surface area (Å²) in [5, 5.41) is 30.8. The lowest BCUT2D eigenvalue weighted by Crippen LogP contribution is -2.06. The maximum Gasteiger partial charge on any atom is 0.418 e. The molecule has 0 fully saturated rings. The minimum absolute atomic E-state index is 0.0195. The normalized spacial score (nSPS) is 11.3. The number of nitrogens with two attached hydrogens (primary N) is 1.